The van der Waals surface area contributed by atoms with Gasteiger partial charge in [-0.1, -0.05) is 43.7 Å². The van der Waals surface area contributed by atoms with Gasteiger partial charge in [-0.2, -0.15) is 0 Å². The molecule has 1 amide bonds. The minimum atomic E-state index is -0.445. The van der Waals surface area contributed by atoms with Crippen molar-refractivity contribution >= 4 is 5.91 Å². The quantitative estimate of drug-likeness (QED) is 0.790. The van der Waals surface area contributed by atoms with Crippen LogP contribution in [0.1, 0.15) is 38.2 Å². The summed E-state index contributed by atoms with van der Waals surface area (Å²) in [4.78, 5) is 12.0. The van der Waals surface area contributed by atoms with Gasteiger partial charge in [-0.15, -0.1) is 0 Å². The van der Waals surface area contributed by atoms with Crippen LogP contribution < -0.4 is 11.1 Å². The summed E-state index contributed by atoms with van der Waals surface area (Å²) in [6.45, 7) is 2.99. The Labute approximate surface area is 115 Å². The van der Waals surface area contributed by atoms with Gasteiger partial charge >= 0.3 is 0 Å². The van der Waals surface area contributed by atoms with E-state index in [1.54, 1.807) is 0 Å². The minimum absolute atomic E-state index is 0.0220. The third kappa shape index (κ3) is 4.06. The molecule has 0 spiro atoms. The molecule has 0 unspecified atom stereocenters. The van der Waals surface area contributed by atoms with Gasteiger partial charge in [0.15, 0.2) is 0 Å². The highest BCUT2D eigenvalue weighted by Gasteiger charge is 2.41. The summed E-state index contributed by atoms with van der Waals surface area (Å²) in [5.74, 6) is -0.0220. The topological polar surface area (TPSA) is 55.1 Å². The van der Waals surface area contributed by atoms with E-state index < -0.39 is 6.04 Å². The molecule has 1 aromatic rings. The largest absolute Gasteiger partial charge is 0.354 e. The molecule has 1 fully saturated rings. The molecule has 19 heavy (non-hydrogen) atoms. The van der Waals surface area contributed by atoms with Gasteiger partial charge in [-0.3, -0.25) is 4.79 Å². The zero-order valence-electron chi connectivity index (χ0n) is 11.7. The second kappa shape index (κ2) is 6.20. The van der Waals surface area contributed by atoms with Crippen LogP contribution in [0.5, 0.6) is 0 Å². The van der Waals surface area contributed by atoms with E-state index in [9.17, 15) is 4.79 Å². The standard InChI is InChI=1S/C16H24N2O/c1-2-8-16(9-10-16)12-18-15(19)14(17)11-13-6-4-3-5-7-13/h3-7,14H,2,8-12,17H2,1H3,(H,18,19)/t14-/m0/s1. The van der Waals surface area contributed by atoms with Gasteiger partial charge in [0.2, 0.25) is 5.91 Å². The van der Waals surface area contributed by atoms with Crippen molar-refractivity contribution < 1.29 is 4.79 Å². The third-order valence-electron chi connectivity index (χ3n) is 4.01. The molecule has 0 aromatic heterocycles. The second-order valence-corrected chi connectivity index (χ2v) is 5.76. The minimum Gasteiger partial charge on any atom is -0.354 e. The molecule has 1 aliphatic carbocycles. The first kappa shape index (κ1) is 14.1. The fourth-order valence-corrected chi connectivity index (χ4v) is 2.59. The van der Waals surface area contributed by atoms with Crippen molar-refractivity contribution in [2.75, 3.05) is 6.54 Å². The van der Waals surface area contributed by atoms with Gasteiger partial charge in [0, 0.05) is 6.54 Å². The number of rotatable bonds is 7. The maximum atomic E-state index is 12.0. The summed E-state index contributed by atoms with van der Waals surface area (Å²) < 4.78 is 0. The molecule has 1 saturated carbocycles. The number of benzene rings is 1. The molecule has 3 nitrogen and oxygen atoms in total. The predicted molar refractivity (Wildman–Crippen MR) is 77.7 cm³/mol. The van der Waals surface area contributed by atoms with Crippen LogP contribution in [0.2, 0.25) is 0 Å². The fourth-order valence-electron chi connectivity index (χ4n) is 2.59. The summed E-state index contributed by atoms with van der Waals surface area (Å²) in [5.41, 5.74) is 7.46. The van der Waals surface area contributed by atoms with Crippen LogP contribution in [0.4, 0.5) is 0 Å². The molecule has 2 rings (SSSR count). The molecule has 0 bridgehead atoms. The molecule has 1 atom stereocenters. The highest BCUT2D eigenvalue weighted by molar-refractivity contribution is 5.81. The van der Waals surface area contributed by atoms with Gasteiger partial charge in [0.1, 0.15) is 0 Å². The van der Waals surface area contributed by atoms with Gasteiger partial charge < -0.3 is 11.1 Å². The zero-order chi connectivity index (χ0) is 13.7. The van der Waals surface area contributed by atoms with Crippen molar-refractivity contribution in [1.82, 2.24) is 5.32 Å². The Morgan fingerprint density at radius 1 is 1.37 bits per heavy atom. The van der Waals surface area contributed by atoms with E-state index in [0.29, 0.717) is 11.8 Å². The molecule has 0 heterocycles. The van der Waals surface area contributed by atoms with E-state index in [1.165, 1.54) is 25.7 Å². The monoisotopic (exact) mass is 260 g/mol. The third-order valence-corrected chi connectivity index (χ3v) is 4.01. The van der Waals surface area contributed by atoms with Crippen LogP contribution in [0.25, 0.3) is 0 Å². The first-order valence-corrected chi connectivity index (χ1v) is 7.22. The van der Waals surface area contributed by atoms with E-state index >= 15 is 0 Å². The number of hydrogen-bond acceptors (Lipinski definition) is 2. The average molecular weight is 260 g/mol. The normalized spacial score (nSPS) is 17.8. The lowest BCUT2D eigenvalue weighted by Gasteiger charge is -2.17. The van der Waals surface area contributed by atoms with Crippen molar-refractivity contribution in [1.29, 1.82) is 0 Å². The summed E-state index contributed by atoms with van der Waals surface area (Å²) in [5, 5.41) is 3.03. The summed E-state index contributed by atoms with van der Waals surface area (Å²) in [6, 6.07) is 9.48. The van der Waals surface area contributed by atoms with Gasteiger partial charge in [0.05, 0.1) is 6.04 Å². The Hall–Kier alpha value is -1.35. The van der Waals surface area contributed by atoms with E-state index in [2.05, 4.69) is 12.2 Å². The maximum absolute atomic E-state index is 12.0. The Morgan fingerprint density at radius 3 is 2.63 bits per heavy atom. The highest BCUT2D eigenvalue weighted by atomic mass is 16.2. The number of carbonyl (C=O) groups excluding carboxylic acids is 1. The number of nitrogens with one attached hydrogen (secondary N) is 1. The van der Waals surface area contributed by atoms with Crippen molar-refractivity contribution in [2.24, 2.45) is 11.1 Å². The van der Waals surface area contributed by atoms with Crippen molar-refractivity contribution in [3.63, 3.8) is 0 Å². The molecular weight excluding hydrogens is 236 g/mol. The lowest BCUT2D eigenvalue weighted by Crippen LogP contribution is -2.44. The molecule has 3 N–H and O–H groups in total. The molecule has 3 heteroatoms. The van der Waals surface area contributed by atoms with Crippen molar-refractivity contribution in [3.05, 3.63) is 35.9 Å². The lowest BCUT2D eigenvalue weighted by atomic mass is 10.0. The summed E-state index contributed by atoms with van der Waals surface area (Å²) in [7, 11) is 0. The van der Waals surface area contributed by atoms with E-state index in [-0.39, 0.29) is 5.91 Å². The zero-order valence-corrected chi connectivity index (χ0v) is 11.7. The van der Waals surface area contributed by atoms with Crippen molar-refractivity contribution in [2.45, 2.75) is 45.1 Å². The van der Waals surface area contributed by atoms with Gasteiger partial charge in [-0.25, -0.2) is 0 Å². The summed E-state index contributed by atoms with van der Waals surface area (Å²) in [6.07, 6.45) is 5.49. The Balaban J connectivity index is 1.77. The van der Waals surface area contributed by atoms with Gasteiger partial charge in [0.25, 0.3) is 0 Å². The Bertz CT molecular complexity index is 412. The number of amides is 1. The highest BCUT2D eigenvalue weighted by Crippen LogP contribution is 2.48. The van der Waals surface area contributed by atoms with Gasteiger partial charge in [-0.05, 0) is 36.7 Å². The Morgan fingerprint density at radius 2 is 2.05 bits per heavy atom. The number of carbonyl (C=O) groups is 1. The van der Waals surface area contributed by atoms with Crippen molar-refractivity contribution in [3.8, 4) is 0 Å². The van der Waals surface area contributed by atoms with Crippen LogP contribution in [-0.4, -0.2) is 18.5 Å². The fraction of sp³-hybridized carbons (Fsp3) is 0.562. The first-order valence-electron chi connectivity index (χ1n) is 7.22. The van der Waals surface area contributed by atoms with E-state index in [0.717, 1.165) is 12.1 Å². The number of nitrogens with two attached hydrogens (primary N) is 1. The van der Waals surface area contributed by atoms with Crippen LogP contribution in [0, 0.1) is 5.41 Å². The van der Waals surface area contributed by atoms with E-state index in [4.69, 9.17) is 5.73 Å². The van der Waals surface area contributed by atoms with E-state index in [1.807, 2.05) is 30.3 Å². The Kier molecular flexibility index (Phi) is 4.59. The number of hydrogen-bond donors (Lipinski definition) is 2. The molecular formula is C16H24N2O. The first-order chi connectivity index (χ1) is 9.15. The molecule has 1 aromatic carbocycles. The molecule has 0 radical (unpaired) electrons. The second-order valence-electron chi connectivity index (χ2n) is 5.76. The van der Waals surface area contributed by atoms with Crippen LogP contribution in [-0.2, 0) is 11.2 Å². The predicted octanol–water partition coefficient (Wildman–Crippen LogP) is 2.25. The van der Waals surface area contributed by atoms with Crippen LogP contribution >= 0.6 is 0 Å². The lowest BCUT2D eigenvalue weighted by molar-refractivity contribution is -0.122. The molecule has 1 aliphatic rings. The molecule has 104 valence electrons. The molecule has 0 saturated heterocycles. The average Bonchev–Trinajstić information content (AvgIpc) is 3.18. The summed E-state index contributed by atoms with van der Waals surface area (Å²) >= 11 is 0. The van der Waals surface area contributed by atoms with Crippen LogP contribution in [0.15, 0.2) is 30.3 Å². The SMILES string of the molecule is CCCC1(CNC(=O)[C@@H](N)Cc2ccccc2)CC1. The molecule has 0 aliphatic heterocycles. The van der Waals surface area contributed by atoms with Crippen LogP contribution in [0.3, 0.4) is 0 Å². The smallest absolute Gasteiger partial charge is 0.237 e. The maximum Gasteiger partial charge on any atom is 0.237 e.